The van der Waals surface area contributed by atoms with Gasteiger partial charge in [-0.1, -0.05) is 13.8 Å². The van der Waals surface area contributed by atoms with Crippen molar-refractivity contribution in [2.75, 3.05) is 0 Å². The lowest BCUT2D eigenvalue weighted by Gasteiger charge is -2.21. The summed E-state index contributed by atoms with van der Waals surface area (Å²) >= 11 is 3.39. The Kier molecular flexibility index (Phi) is 4.52. The molecule has 2 N–H and O–H groups in total. The molecule has 1 aromatic heterocycles. The van der Waals surface area contributed by atoms with Crippen LogP contribution in [-0.4, -0.2) is 27.6 Å². The Labute approximate surface area is 126 Å². The van der Waals surface area contributed by atoms with Crippen LogP contribution in [0.3, 0.4) is 0 Å². The monoisotopic (exact) mass is 342 g/mol. The molecule has 0 spiro atoms. The molecule has 1 aliphatic rings. The summed E-state index contributed by atoms with van der Waals surface area (Å²) in [5.41, 5.74) is 0.593. The summed E-state index contributed by atoms with van der Waals surface area (Å²) in [6.07, 6.45) is 4.02. The second-order valence-corrected chi connectivity index (χ2v) is 6.52. The molecule has 0 radical (unpaired) electrons. The lowest BCUT2D eigenvalue weighted by Crippen LogP contribution is -2.40. The molecule has 0 aliphatic heterocycles. The van der Waals surface area contributed by atoms with E-state index in [9.17, 15) is 9.59 Å². The maximum Gasteiger partial charge on any atom is 0.305 e. The molecule has 1 unspecified atom stereocenters. The quantitative estimate of drug-likeness (QED) is 0.834. The number of rotatable bonds is 6. The number of hydrogen-bond donors (Lipinski definition) is 2. The normalized spacial score (nSPS) is 16.2. The molecular weight excluding hydrogens is 324 g/mol. The predicted molar refractivity (Wildman–Crippen MR) is 78.7 cm³/mol. The molecule has 1 heterocycles. The van der Waals surface area contributed by atoms with Gasteiger partial charge in [0.05, 0.1) is 6.42 Å². The molecular formula is C14H19BrN2O3. The lowest BCUT2D eigenvalue weighted by molar-refractivity contribution is -0.137. The highest BCUT2D eigenvalue weighted by Crippen LogP contribution is 2.37. The summed E-state index contributed by atoms with van der Waals surface area (Å²) < 4.78 is 2.84. The van der Waals surface area contributed by atoms with Crippen molar-refractivity contribution in [2.45, 2.75) is 45.2 Å². The van der Waals surface area contributed by atoms with Crippen molar-refractivity contribution in [3.8, 4) is 0 Å². The molecule has 110 valence electrons. The molecule has 1 saturated carbocycles. The van der Waals surface area contributed by atoms with Gasteiger partial charge in [0.15, 0.2) is 0 Å². The van der Waals surface area contributed by atoms with E-state index in [0.29, 0.717) is 11.7 Å². The summed E-state index contributed by atoms with van der Waals surface area (Å²) in [7, 11) is 0. The Balaban J connectivity index is 2.12. The van der Waals surface area contributed by atoms with Gasteiger partial charge in [-0.2, -0.15) is 0 Å². The number of nitrogens with zero attached hydrogens (tertiary/aromatic N) is 1. The number of halogens is 1. The predicted octanol–water partition coefficient (Wildman–Crippen LogP) is 2.81. The Morgan fingerprint density at radius 3 is 2.65 bits per heavy atom. The molecule has 6 heteroatoms. The minimum atomic E-state index is -0.900. The fourth-order valence-electron chi connectivity index (χ4n) is 2.17. The zero-order valence-electron chi connectivity index (χ0n) is 11.6. The zero-order chi connectivity index (χ0) is 14.9. The van der Waals surface area contributed by atoms with Crippen LogP contribution < -0.4 is 5.32 Å². The third-order valence-electron chi connectivity index (χ3n) is 3.50. The number of hydrogen-bond acceptors (Lipinski definition) is 2. The topological polar surface area (TPSA) is 71.3 Å². The van der Waals surface area contributed by atoms with Crippen molar-refractivity contribution in [1.29, 1.82) is 0 Å². The number of aromatic nitrogens is 1. The number of carboxylic acid groups (broad SMARTS) is 1. The van der Waals surface area contributed by atoms with Crippen LogP contribution in [0.4, 0.5) is 0 Å². The molecule has 2 rings (SSSR count). The second-order valence-electron chi connectivity index (χ2n) is 5.60. The minimum Gasteiger partial charge on any atom is -0.481 e. The van der Waals surface area contributed by atoms with E-state index in [4.69, 9.17) is 5.11 Å². The van der Waals surface area contributed by atoms with Gasteiger partial charge in [-0.05, 0) is 40.8 Å². The first-order chi connectivity index (χ1) is 9.38. The molecule has 0 aromatic carbocycles. The van der Waals surface area contributed by atoms with Gasteiger partial charge < -0.3 is 15.0 Å². The summed E-state index contributed by atoms with van der Waals surface area (Å²) in [5, 5.41) is 11.7. The van der Waals surface area contributed by atoms with E-state index < -0.39 is 5.97 Å². The largest absolute Gasteiger partial charge is 0.481 e. The lowest BCUT2D eigenvalue weighted by atomic mass is 10.0. The number of carboxylic acids is 1. The van der Waals surface area contributed by atoms with Crippen LogP contribution in [0.5, 0.6) is 0 Å². The van der Waals surface area contributed by atoms with E-state index in [1.54, 1.807) is 6.07 Å². The highest BCUT2D eigenvalue weighted by atomic mass is 79.9. The Morgan fingerprint density at radius 2 is 2.15 bits per heavy atom. The van der Waals surface area contributed by atoms with Crippen LogP contribution in [-0.2, 0) is 4.79 Å². The Morgan fingerprint density at radius 1 is 1.50 bits per heavy atom. The minimum absolute atomic E-state index is 0.0608. The van der Waals surface area contributed by atoms with Gasteiger partial charge in [0.2, 0.25) is 0 Å². The molecule has 20 heavy (non-hydrogen) atoms. The zero-order valence-corrected chi connectivity index (χ0v) is 13.2. The SMILES string of the molecule is CC(C)C(CC(=O)O)NC(=O)c1cc(Br)cn1C1CC1. The maximum absolute atomic E-state index is 12.4. The second kappa shape index (κ2) is 5.99. The smallest absolute Gasteiger partial charge is 0.305 e. The van der Waals surface area contributed by atoms with Gasteiger partial charge in [-0.3, -0.25) is 9.59 Å². The molecule has 1 amide bonds. The summed E-state index contributed by atoms with van der Waals surface area (Å²) in [6.45, 7) is 3.81. The first-order valence-electron chi connectivity index (χ1n) is 6.78. The van der Waals surface area contributed by atoms with E-state index in [1.807, 2.05) is 24.6 Å². The van der Waals surface area contributed by atoms with Crippen molar-refractivity contribution in [1.82, 2.24) is 9.88 Å². The van der Waals surface area contributed by atoms with Crippen molar-refractivity contribution in [3.63, 3.8) is 0 Å². The average Bonchev–Trinajstić information content (AvgIpc) is 3.10. The third-order valence-corrected chi connectivity index (χ3v) is 3.94. The van der Waals surface area contributed by atoms with E-state index >= 15 is 0 Å². The fraction of sp³-hybridized carbons (Fsp3) is 0.571. The Bertz CT molecular complexity index is 520. The molecule has 1 atom stereocenters. The van der Waals surface area contributed by atoms with Crippen molar-refractivity contribution >= 4 is 27.8 Å². The first-order valence-corrected chi connectivity index (χ1v) is 7.57. The van der Waals surface area contributed by atoms with Crippen molar-refractivity contribution < 1.29 is 14.7 Å². The van der Waals surface area contributed by atoms with Gasteiger partial charge in [-0.15, -0.1) is 0 Å². The van der Waals surface area contributed by atoms with Gasteiger partial charge in [-0.25, -0.2) is 0 Å². The van der Waals surface area contributed by atoms with E-state index in [2.05, 4.69) is 21.2 Å². The van der Waals surface area contributed by atoms with Crippen LogP contribution >= 0.6 is 15.9 Å². The number of nitrogens with one attached hydrogen (secondary N) is 1. The van der Waals surface area contributed by atoms with Crippen LogP contribution in [0.25, 0.3) is 0 Å². The molecule has 0 saturated heterocycles. The van der Waals surface area contributed by atoms with Gasteiger partial charge in [0.25, 0.3) is 5.91 Å². The summed E-state index contributed by atoms with van der Waals surface area (Å²) in [4.78, 5) is 23.2. The molecule has 5 nitrogen and oxygen atoms in total. The van der Waals surface area contributed by atoms with Crippen LogP contribution in [0.2, 0.25) is 0 Å². The van der Waals surface area contributed by atoms with E-state index in [0.717, 1.165) is 17.3 Å². The highest BCUT2D eigenvalue weighted by Gasteiger charge is 2.29. The molecule has 1 aromatic rings. The number of carbonyl (C=O) groups is 2. The maximum atomic E-state index is 12.4. The highest BCUT2D eigenvalue weighted by molar-refractivity contribution is 9.10. The Hall–Kier alpha value is -1.30. The molecule has 1 aliphatic carbocycles. The van der Waals surface area contributed by atoms with E-state index in [-0.39, 0.29) is 24.3 Å². The number of amides is 1. The van der Waals surface area contributed by atoms with E-state index in [1.165, 1.54) is 0 Å². The van der Waals surface area contributed by atoms with Crippen molar-refractivity contribution in [3.05, 3.63) is 22.4 Å². The fourth-order valence-corrected chi connectivity index (χ4v) is 2.60. The number of aliphatic carboxylic acids is 1. The van der Waals surface area contributed by atoms with Crippen LogP contribution in [0.15, 0.2) is 16.7 Å². The summed E-state index contributed by atoms with van der Waals surface area (Å²) in [5.74, 6) is -1.03. The van der Waals surface area contributed by atoms with Gasteiger partial charge in [0, 0.05) is 22.8 Å². The molecule has 1 fully saturated rings. The number of carbonyl (C=O) groups excluding carboxylic acids is 1. The third kappa shape index (κ3) is 3.62. The van der Waals surface area contributed by atoms with Crippen LogP contribution in [0.1, 0.15) is 49.6 Å². The van der Waals surface area contributed by atoms with Gasteiger partial charge >= 0.3 is 5.97 Å². The average molecular weight is 343 g/mol. The van der Waals surface area contributed by atoms with Gasteiger partial charge in [0.1, 0.15) is 5.69 Å². The standard InChI is InChI=1S/C14H19BrN2O3/c1-8(2)11(6-13(18)19)16-14(20)12-5-9(15)7-17(12)10-3-4-10/h5,7-8,10-11H,3-4,6H2,1-2H3,(H,16,20)(H,18,19). The molecule has 0 bridgehead atoms. The van der Waals surface area contributed by atoms with Crippen LogP contribution in [0, 0.1) is 5.92 Å². The first kappa shape index (κ1) is 15.1. The van der Waals surface area contributed by atoms with Crippen molar-refractivity contribution in [2.24, 2.45) is 5.92 Å². The summed E-state index contributed by atoms with van der Waals surface area (Å²) in [6, 6.07) is 1.83.